The zero-order chi connectivity index (χ0) is 35.9. The molecule has 0 amide bonds. The number of hydrogen-bond acceptors (Lipinski definition) is 2. The van der Waals surface area contributed by atoms with Crippen LogP contribution in [0, 0.1) is 0 Å². The van der Waals surface area contributed by atoms with Crippen LogP contribution in [-0.4, -0.2) is 19.1 Å². The van der Waals surface area contributed by atoms with Crippen LogP contribution in [0.3, 0.4) is 0 Å². The molecular formula is C45H35F3N4. The number of alkyl halides is 3. The Morgan fingerprint density at radius 3 is 0.923 bits per heavy atom. The van der Waals surface area contributed by atoms with Gasteiger partial charge in [-0.3, -0.25) is 0 Å². The van der Waals surface area contributed by atoms with E-state index in [0.29, 0.717) is 5.56 Å². The highest BCUT2D eigenvalue weighted by molar-refractivity contribution is 5.52. The lowest BCUT2D eigenvalue weighted by Gasteiger charge is -2.37. The van der Waals surface area contributed by atoms with Crippen LogP contribution in [0.15, 0.2) is 213 Å². The van der Waals surface area contributed by atoms with E-state index in [1.807, 2.05) is 84.0 Å². The van der Waals surface area contributed by atoms with Crippen LogP contribution >= 0.6 is 0 Å². The Balaban J connectivity index is 0.000000164. The van der Waals surface area contributed by atoms with Gasteiger partial charge < -0.3 is 9.13 Å². The Bertz CT molecular complexity index is 2120. The lowest BCUT2D eigenvalue weighted by atomic mass is 9.76. The number of imidazole rings is 2. The van der Waals surface area contributed by atoms with E-state index in [9.17, 15) is 13.2 Å². The maximum Gasteiger partial charge on any atom is 0.416 e. The van der Waals surface area contributed by atoms with Crippen molar-refractivity contribution in [2.75, 3.05) is 0 Å². The monoisotopic (exact) mass is 688 g/mol. The van der Waals surface area contributed by atoms with Crippen LogP contribution in [0.5, 0.6) is 0 Å². The van der Waals surface area contributed by atoms with Gasteiger partial charge in [0, 0.05) is 24.8 Å². The summed E-state index contributed by atoms with van der Waals surface area (Å²) in [6, 6.07) is 56.3. The van der Waals surface area contributed by atoms with Gasteiger partial charge in [0.2, 0.25) is 0 Å². The molecule has 52 heavy (non-hydrogen) atoms. The maximum absolute atomic E-state index is 13.5. The fourth-order valence-electron chi connectivity index (χ4n) is 7.13. The first-order valence-corrected chi connectivity index (χ1v) is 16.9. The van der Waals surface area contributed by atoms with Gasteiger partial charge in [-0.1, -0.05) is 164 Å². The first-order chi connectivity index (χ1) is 25.4. The minimum absolute atomic E-state index is 0.444. The zero-order valence-corrected chi connectivity index (χ0v) is 28.1. The minimum Gasteiger partial charge on any atom is -0.319 e. The van der Waals surface area contributed by atoms with E-state index in [4.69, 9.17) is 0 Å². The highest BCUT2D eigenvalue weighted by Crippen LogP contribution is 2.43. The minimum atomic E-state index is -4.43. The molecule has 6 aromatic carbocycles. The zero-order valence-electron chi connectivity index (χ0n) is 28.1. The van der Waals surface area contributed by atoms with Crippen LogP contribution in [0.4, 0.5) is 13.2 Å². The number of hydrogen-bond donors (Lipinski definition) is 0. The molecule has 0 saturated carbocycles. The third-order valence-corrected chi connectivity index (χ3v) is 9.35. The van der Waals surface area contributed by atoms with E-state index in [0.717, 1.165) is 17.2 Å². The Labute approximate surface area is 301 Å². The number of halogens is 3. The van der Waals surface area contributed by atoms with Gasteiger partial charge in [0.1, 0.15) is 11.1 Å². The number of benzene rings is 6. The van der Waals surface area contributed by atoms with Crippen LogP contribution in [0.1, 0.15) is 38.9 Å². The normalized spacial score (nSPS) is 11.8. The molecule has 0 spiro atoms. The van der Waals surface area contributed by atoms with Crippen molar-refractivity contribution >= 4 is 0 Å². The molecule has 2 heterocycles. The van der Waals surface area contributed by atoms with Crippen molar-refractivity contribution < 1.29 is 13.2 Å². The van der Waals surface area contributed by atoms with Crippen molar-refractivity contribution in [3.63, 3.8) is 0 Å². The molecule has 0 radical (unpaired) electrons. The number of rotatable bonds is 8. The molecule has 7 heteroatoms. The van der Waals surface area contributed by atoms with E-state index >= 15 is 0 Å². The fourth-order valence-corrected chi connectivity index (χ4v) is 7.13. The SMILES string of the molecule is FC(F)(F)c1cccc(C(c2ccccc2)(c2ccccc2)n2ccnc2)c1.c1ccc(C(c2ccccc2)(c2ccccc2)n2ccnc2)cc1. The van der Waals surface area contributed by atoms with Crippen molar-refractivity contribution in [2.24, 2.45) is 0 Å². The molecule has 256 valence electrons. The van der Waals surface area contributed by atoms with Gasteiger partial charge in [-0.05, 0) is 45.5 Å². The largest absolute Gasteiger partial charge is 0.416 e. The van der Waals surface area contributed by atoms with Crippen LogP contribution in [-0.2, 0) is 17.3 Å². The smallest absolute Gasteiger partial charge is 0.319 e. The van der Waals surface area contributed by atoms with Crippen molar-refractivity contribution in [1.29, 1.82) is 0 Å². The molecule has 0 N–H and O–H groups in total. The van der Waals surface area contributed by atoms with Gasteiger partial charge in [0.15, 0.2) is 0 Å². The summed E-state index contributed by atoms with van der Waals surface area (Å²) in [5.74, 6) is 0. The summed E-state index contributed by atoms with van der Waals surface area (Å²) >= 11 is 0. The second kappa shape index (κ2) is 14.8. The highest BCUT2D eigenvalue weighted by Gasteiger charge is 2.40. The Kier molecular flexibility index (Phi) is 9.67. The highest BCUT2D eigenvalue weighted by atomic mass is 19.4. The van der Waals surface area contributed by atoms with Crippen molar-refractivity contribution in [2.45, 2.75) is 17.3 Å². The molecule has 0 unspecified atom stereocenters. The Morgan fingerprint density at radius 2 is 0.635 bits per heavy atom. The summed E-state index contributed by atoms with van der Waals surface area (Å²) in [7, 11) is 0. The molecule has 0 atom stereocenters. The molecule has 0 aliphatic carbocycles. The lowest BCUT2D eigenvalue weighted by molar-refractivity contribution is -0.137. The van der Waals surface area contributed by atoms with E-state index in [2.05, 4.69) is 106 Å². The topological polar surface area (TPSA) is 35.6 Å². The van der Waals surface area contributed by atoms with E-state index in [-0.39, 0.29) is 0 Å². The Hall–Kier alpha value is -6.47. The number of aromatic nitrogens is 4. The van der Waals surface area contributed by atoms with Crippen molar-refractivity contribution in [1.82, 2.24) is 19.1 Å². The van der Waals surface area contributed by atoms with E-state index < -0.39 is 22.8 Å². The summed E-state index contributed by atoms with van der Waals surface area (Å²) in [4.78, 5) is 8.50. The first-order valence-electron chi connectivity index (χ1n) is 16.9. The predicted molar refractivity (Wildman–Crippen MR) is 199 cm³/mol. The molecule has 8 aromatic rings. The van der Waals surface area contributed by atoms with E-state index in [1.54, 1.807) is 24.8 Å². The lowest BCUT2D eigenvalue weighted by Crippen LogP contribution is -2.37. The molecule has 0 aliphatic heterocycles. The standard InChI is InChI=1S/C23H17F3N2.C22H18N2/c24-23(25,26)21-13-7-12-20(16-21)22(28-15-14-27-17-28,18-8-3-1-4-9-18)19-10-5-2-6-11-19;1-4-10-19(11-5-1)22(24-17-16-23-18-24,20-12-6-2-7-13-20)21-14-8-3-9-15-21/h1-17H;1-18H. The van der Waals surface area contributed by atoms with Gasteiger partial charge in [0.25, 0.3) is 0 Å². The summed E-state index contributed by atoms with van der Waals surface area (Å²) in [6.45, 7) is 0. The number of nitrogens with zero attached hydrogens (tertiary/aromatic N) is 4. The van der Waals surface area contributed by atoms with E-state index in [1.165, 1.54) is 28.8 Å². The third kappa shape index (κ3) is 6.33. The van der Waals surface area contributed by atoms with Crippen LogP contribution in [0.2, 0.25) is 0 Å². The van der Waals surface area contributed by atoms with Crippen molar-refractivity contribution in [3.05, 3.63) is 252 Å². The predicted octanol–water partition coefficient (Wildman–Crippen LogP) is 10.5. The molecule has 0 fully saturated rings. The Morgan fingerprint density at radius 1 is 0.346 bits per heavy atom. The quantitative estimate of drug-likeness (QED) is 0.149. The van der Waals surface area contributed by atoms with Crippen LogP contribution < -0.4 is 0 Å². The third-order valence-electron chi connectivity index (χ3n) is 9.35. The molecule has 2 aromatic heterocycles. The first kappa shape index (κ1) is 34.0. The molecule has 0 bridgehead atoms. The molecule has 0 aliphatic rings. The summed E-state index contributed by atoms with van der Waals surface area (Å²) in [5.41, 5.74) is 3.72. The fraction of sp³-hybridized carbons (Fsp3) is 0.0667. The average molecular weight is 689 g/mol. The molecule has 0 saturated heterocycles. The second-order valence-corrected chi connectivity index (χ2v) is 12.3. The maximum atomic E-state index is 13.5. The van der Waals surface area contributed by atoms with Gasteiger partial charge in [-0.15, -0.1) is 0 Å². The molecule has 8 rings (SSSR count). The summed E-state index contributed by atoms with van der Waals surface area (Å²) in [6.07, 6.45) is 6.39. The van der Waals surface area contributed by atoms with Gasteiger partial charge >= 0.3 is 6.18 Å². The molecular weight excluding hydrogens is 654 g/mol. The molecule has 4 nitrogen and oxygen atoms in total. The van der Waals surface area contributed by atoms with Gasteiger partial charge in [-0.25, -0.2) is 9.97 Å². The second-order valence-electron chi connectivity index (χ2n) is 12.3. The van der Waals surface area contributed by atoms with Gasteiger partial charge in [0.05, 0.1) is 18.2 Å². The summed E-state index contributed by atoms with van der Waals surface area (Å²) < 4.78 is 44.5. The van der Waals surface area contributed by atoms with Crippen LogP contribution in [0.25, 0.3) is 0 Å². The van der Waals surface area contributed by atoms with Crippen molar-refractivity contribution in [3.8, 4) is 0 Å². The van der Waals surface area contributed by atoms with Gasteiger partial charge in [-0.2, -0.15) is 13.2 Å². The average Bonchev–Trinajstić information content (AvgIpc) is 3.95. The summed E-state index contributed by atoms with van der Waals surface area (Å²) in [5, 5.41) is 0.